The summed E-state index contributed by atoms with van der Waals surface area (Å²) in [4.78, 5) is 2.62. The van der Waals surface area contributed by atoms with Gasteiger partial charge in [0.1, 0.15) is 0 Å². The predicted molar refractivity (Wildman–Crippen MR) is 91.8 cm³/mol. The van der Waals surface area contributed by atoms with Crippen LogP contribution in [0.3, 0.4) is 0 Å². The molecule has 0 aliphatic heterocycles. The number of rotatable bonds is 10. The zero-order chi connectivity index (χ0) is 15.7. The van der Waals surface area contributed by atoms with E-state index in [2.05, 4.69) is 37.9 Å². The second-order valence-electron chi connectivity index (χ2n) is 7.42. The van der Waals surface area contributed by atoms with Crippen molar-refractivity contribution in [3.8, 4) is 0 Å². The van der Waals surface area contributed by atoms with Gasteiger partial charge in [0.15, 0.2) is 0 Å². The van der Waals surface area contributed by atoms with Crippen molar-refractivity contribution in [3.63, 3.8) is 0 Å². The molecule has 3 nitrogen and oxygen atoms in total. The molecule has 1 N–H and O–H groups in total. The van der Waals surface area contributed by atoms with Crippen LogP contribution in [0.15, 0.2) is 0 Å². The fourth-order valence-electron chi connectivity index (χ4n) is 3.45. The summed E-state index contributed by atoms with van der Waals surface area (Å²) in [6, 6.07) is 0.600. The third-order valence-electron chi connectivity index (χ3n) is 5.11. The number of hydrogen-bond donors (Lipinski definition) is 1. The van der Waals surface area contributed by atoms with Crippen LogP contribution in [0, 0.1) is 11.3 Å². The molecular weight excluding hydrogens is 260 g/mol. The van der Waals surface area contributed by atoms with Gasteiger partial charge in [0.2, 0.25) is 0 Å². The standard InChI is InChI=1S/C18H38N2O/c1-6-11-19-14-18(9-7-17(4)8-10-18)15-20(16(2)3)12-13-21-5/h16-17,19H,6-15H2,1-5H3. The smallest absolute Gasteiger partial charge is 0.0589 e. The molecule has 0 spiro atoms. The first kappa shape index (κ1) is 18.9. The maximum absolute atomic E-state index is 5.30. The van der Waals surface area contributed by atoms with Crippen molar-refractivity contribution >= 4 is 0 Å². The molecule has 1 aliphatic carbocycles. The summed E-state index contributed by atoms with van der Waals surface area (Å²) in [5.41, 5.74) is 0.472. The van der Waals surface area contributed by atoms with Crippen LogP contribution in [0.5, 0.6) is 0 Å². The summed E-state index contributed by atoms with van der Waals surface area (Å²) in [7, 11) is 1.80. The summed E-state index contributed by atoms with van der Waals surface area (Å²) in [5.74, 6) is 0.913. The second-order valence-corrected chi connectivity index (χ2v) is 7.42. The second kappa shape index (κ2) is 9.81. The minimum atomic E-state index is 0.472. The van der Waals surface area contributed by atoms with E-state index < -0.39 is 0 Å². The van der Waals surface area contributed by atoms with Gasteiger partial charge in [-0.25, -0.2) is 0 Å². The topological polar surface area (TPSA) is 24.5 Å². The third kappa shape index (κ3) is 6.66. The predicted octanol–water partition coefficient (Wildman–Crippen LogP) is 3.54. The van der Waals surface area contributed by atoms with E-state index in [1.54, 1.807) is 7.11 Å². The van der Waals surface area contributed by atoms with E-state index in [0.717, 1.165) is 25.6 Å². The van der Waals surface area contributed by atoms with Crippen molar-refractivity contribution in [1.82, 2.24) is 10.2 Å². The van der Waals surface area contributed by atoms with Crippen LogP contribution < -0.4 is 5.32 Å². The van der Waals surface area contributed by atoms with E-state index in [1.165, 1.54) is 45.2 Å². The zero-order valence-corrected chi connectivity index (χ0v) is 15.1. The Morgan fingerprint density at radius 2 is 1.95 bits per heavy atom. The van der Waals surface area contributed by atoms with Gasteiger partial charge >= 0.3 is 0 Å². The van der Waals surface area contributed by atoms with Crippen LogP contribution in [0.2, 0.25) is 0 Å². The molecular formula is C18H38N2O. The molecule has 0 saturated heterocycles. The molecule has 0 aromatic carbocycles. The van der Waals surface area contributed by atoms with Gasteiger partial charge in [-0.3, -0.25) is 4.90 Å². The lowest BCUT2D eigenvalue weighted by atomic mass is 9.70. The SMILES string of the molecule is CCCNCC1(CN(CCOC)C(C)C)CCC(C)CC1. The normalized spacial score (nSPS) is 26.7. The molecule has 1 fully saturated rings. The van der Waals surface area contributed by atoms with E-state index in [-0.39, 0.29) is 0 Å². The maximum Gasteiger partial charge on any atom is 0.0589 e. The number of methoxy groups -OCH3 is 1. The quantitative estimate of drug-likeness (QED) is 0.624. The molecule has 0 amide bonds. The highest BCUT2D eigenvalue weighted by Gasteiger charge is 2.35. The number of nitrogens with zero attached hydrogens (tertiary/aromatic N) is 1. The molecule has 1 aliphatic rings. The van der Waals surface area contributed by atoms with Gasteiger partial charge in [-0.15, -0.1) is 0 Å². The zero-order valence-electron chi connectivity index (χ0n) is 15.1. The molecule has 126 valence electrons. The highest BCUT2D eigenvalue weighted by molar-refractivity contribution is 4.90. The van der Waals surface area contributed by atoms with Gasteiger partial charge in [0, 0.05) is 32.8 Å². The lowest BCUT2D eigenvalue weighted by molar-refractivity contribution is 0.0526. The monoisotopic (exact) mass is 298 g/mol. The Hall–Kier alpha value is -0.120. The van der Waals surface area contributed by atoms with Gasteiger partial charge in [-0.05, 0) is 51.0 Å². The third-order valence-corrected chi connectivity index (χ3v) is 5.11. The molecule has 0 heterocycles. The molecule has 0 radical (unpaired) electrons. The largest absolute Gasteiger partial charge is 0.383 e. The molecule has 21 heavy (non-hydrogen) atoms. The van der Waals surface area contributed by atoms with Crippen molar-refractivity contribution in [2.75, 3.05) is 39.9 Å². The summed E-state index contributed by atoms with van der Waals surface area (Å²) in [6.45, 7) is 14.7. The van der Waals surface area contributed by atoms with E-state index >= 15 is 0 Å². The molecule has 1 saturated carbocycles. The van der Waals surface area contributed by atoms with E-state index in [9.17, 15) is 0 Å². The van der Waals surface area contributed by atoms with Crippen LogP contribution in [-0.4, -0.2) is 50.8 Å². The fourth-order valence-corrected chi connectivity index (χ4v) is 3.45. The van der Waals surface area contributed by atoms with Crippen LogP contribution in [0.4, 0.5) is 0 Å². The van der Waals surface area contributed by atoms with Crippen molar-refractivity contribution in [2.24, 2.45) is 11.3 Å². The highest BCUT2D eigenvalue weighted by atomic mass is 16.5. The maximum atomic E-state index is 5.30. The average molecular weight is 299 g/mol. The number of nitrogens with one attached hydrogen (secondary N) is 1. The molecule has 3 heteroatoms. The molecule has 0 atom stereocenters. The van der Waals surface area contributed by atoms with Crippen molar-refractivity contribution in [2.45, 2.75) is 65.8 Å². The fraction of sp³-hybridized carbons (Fsp3) is 1.00. The Kier molecular flexibility index (Phi) is 8.84. The lowest BCUT2D eigenvalue weighted by Gasteiger charge is -2.44. The van der Waals surface area contributed by atoms with Crippen molar-refractivity contribution in [3.05, 3.63) is 0 Å². The van der Waals surface area contributed by atoms with Gasteiger partial charge in [-0.1, -0.05) is 26.7 Å². The molecule has 0 unspecified atom stereocenters. The minimum Gasteiger partial charge on any atom is -0.383 e. The van der Waals surface area contributed by atoms with E-state index in [4.69, 9.17) is 4.74 Å². The van der Waals surface area contributed by atoms with Crippen molar-refractivity contribution < 1.29 is 4.74 Å². The molecule has 0 bridgehead atoms. The van der Waals surface area contributed by atoms with Crippen LogP contribution in [0.25, 0.3) is 0 Å². The molecule has 0 aromatic rings. The van der Waals surface area contributed by atoms with E-state index in [1.807, 2.05) is 0 Å². The number of ether oxygens (including phenoxy) is 1. The Morgan fingerprint density at radius 1 is 1.29 bits per heavy atom. The summed E-state index contributed by atoms with van der Waals surface area (Å²) in [5, 5.41) is 3.70. The Labute approximate surface area is 132 Å². The Bertz CT molecular complexity index is 260. The van der Waals surface area contributed by atoms with Crippen LogP contribution in [0.1, 0.15) is 59.8 Å². The number of hydrogen-bond acceptors (Lipinski definition) is 3. The summed E-state index contributed by atoms with van der Waals surface area (Å²) < 4.78 is 5.30. The highest BCUT2D eigenvalue weighted by Crippen LogP contribution is 2.39. The van der Waals surface area contributed by atoms with E-state index in [0.29, 0.717) is 11.5 Å². The minimum absolute atomic E-state index is 0.472. The van der Waals surface area contributed by atoms with Crippen molar-refractivity contribution in [1.29, 1.82) is 0 Å². The molecule has 0 aromatic heterocycles. The first-order chi connectivity index (χ1) is 10.0. The van der Waals surface area contributed by atoms with Crippen LogP contribution >= 0.6 is 0 Å². The summed E-state index contributed by atoms with van der Waals surface area (Å²) >= 11 is 0. The van der Waals surface area contributed by atoms with Crippen LogP contribution in [-0.2, 0) is 4.74 Å². The van der Waals surface area contributed by atoms with Gasteiger partial charge in [0.05, 0.1) is 6.61 Å². The molecule has 1 rings (SSSR count). The van der Waals surface area contributed by atoms with Gasteiger partial charge in [0.25, 0.3) is 0 Å². The summed E-state index contributed by atoms with van der Waals surface area (Å²) in [6.07, 6.45) is 6.76. The first-order valence-electron chi connectivity index (χ1n) is 8.96. The average Bonchev–Trinajstić information content (AvgIpc) is 2.46. The Balaban J connectivity index is 2.65. The lowest BCUT2D eigenvalue weighted by Crippen LogP contribution is -2.49. The van der Waals surface area contributed by atoms with Gasteiger partial charge < -0.3 is 10.1 Å². The Morgan fingerprint density at radius 3 is 2.48 bits per heavy atom. The van der Waals surface area contributed by atoms with Gasteiger partial charge in [-0.2, -0.15) is 0 Å². The first-order valence-corrected chi connectivity index (χ1v) is 8.96.